The number of aliphatic hydroxyl groups excluding tert-OH is 4. The second kappa shape index (κ2) is 8.85. The minimum absolute atomic E-state index is 0.278. The van der Waals surface area contributed by atoms with Crippen LogP contribution in [0.15, 0.2) is 0 Å². The molecule has 0 aliphatic carbocycles. The van der Waals surface area contributed by atoms with Gasteiger partial charge in [-0.05, 0) is 0 Å². The molecule has 0 unspecified atom stereocenters. The number of hydrogen-bond donors (Lipinski definition) is 6. The van der Waals surface area contributed by atoms with E-state index in [-0.39, 0.29) is 6.54 Å². The number of aliphatic hydroxyl groups is 4. The Kier molecular flexibility index (Phi) is 9.94. The highest BCUT2D eigenvalue weighted by Crippen LogP contribution is 2.11. The third kappa shape index (κ3) is 6.75. The number of nitrogens with two attached hydrogens (primary N) is 1. The predicted molar refractivity (Wildman–Crippen MR) is 47.5 cm³/mol. The van der Waals surface area contributed by atoms with Gasteiger partial charge in [-0.3, -0.25) is 4.79 Å². The average molecular weight is 211 g/mol. The second-order valence-corrected chi connectivity index (χ2v) is 2.73. The standard InChI is InChI=1S/C5H12O4.C2H5NO2/c6-1-5(2-7,3-8)4-9;3-1-2(4)5/h6-9H,1-4H2;1,3H2,(H,4,5). The van der Waals surface area contributed by atoms with Crippen LogP contribution in [0.2, 0.25) is 0 Å². The molecule has 0 saturated carbocycles. The van der Waals surface area contributed by atoms with Crippen LogP contribution in [0, 0.1) is 5.41 Å². The van der Waals surface area contributed by atoms with Gasteiger partial charge >= 0.3 is 5.97 Å². The lowest BCUT2D eigenvalue weighted by Crippen LogP contribution is -2.37. The van der Waals surface area contributed by atoms with Crippen molar-refractivity contribution in [2.24, 2.45) is 11.1 Å². The Morgan fingerprint density at radius 2 is 1.21 bits per heavy atom. The van der Waals surface area contributed by atoms with Gasteiger partial charge in [0, 0.05) is 0 Å². The van der Waals surface area contributed by atoms with Gasteiger partial charge in [-0.1, -0.05) is 0 Å². The monoisotopic (exact) mass is 211 g/mol. The number of rotatable bonds is 5. The highest BCUT2D eigenvalue weighted by Gasteiger charge is 2.26. The smallest absolute Gasteiger partial charge is 0.317 e. The Hall–Kier alpha value is -0.730. The van der Waals surface area contributed by atoms with E-state index in [0.717, 1.165) is 0 Å². The largest absolute Gasteiger partial charge is 0.480 e. The van der Waals surface area contributed by atoms with Gasteiger partial charge < -0.3 is 31.3 Å². The molecular formula is C7H17NO6. The molecule has 0 amide bonds. The molecule has 0 atom stereocenters. The van der Waals surface area contributed by atoms with Crippen molar-refractivity contribution < 1.29 is 30.3 Å². The Morgan fingerprint density at radius 1 is 1.00 bits per heavy atom. The van der Waals surface area contributed by atoms with E-state index in [0.29, 0.717) is 0 Å². The summed E-state index contributed by atoms with van der Waals surface area (Å²) >= 11 is 0. The van der Waals surface area contributed by atoms with E-state index in [2.05, 4.69) is 5.73 Å². The van der Waals surface area contributed by atoms with Crippen molar-refractivity contribution in [1.82, 2.24) is 0 Å². The molecule has 7 heteroatoms. The van der Waals surface area contributed by atoms with Gasteiger partial charge in [-0.15, -0.1) is 0 Å². The van der Waals surface area contributed by atoms with Crippen LogP contribution < -0.4 is 5.73 Å². The van der Waals surface area contributed by atoms with Gasteiger partial charge in [0.1, 0.15) is 0 Å². The molecule has 0 radical (unpaired) electrons. The maximum absolute atomic E-state index is 9.24. The summed E-state index contributed by atoms with van der Waals surface area (Å²) in [5, 5.41) is 41.6. The first-order chi connectivity index (χ1) is 6.51. The summed E-state index contributed by atoms with van der Waals surface area (Å²) in [6, 6.07) is 0. The van der Waals surface area contributed by atoms with Crippen molar-refractivity contribution in [2.75, 3.05) is 33.0 Å². The summed E-state index contributed by atoms with van der Waals surface area (Å²) in [6.07, 6.45) is 0. The summed E-state index contributed by atoms with van der Waals surface area (Å²) < 4.78 is 0. The second-order valence-electron chi connectivity index (χ2n) is 2.73. The molecule has 0 rings (SSSR count). The van der Waals surface area contributed by atoms with E-state index in [4.69, 9.17) is 25.5 Å². The van der Waals surface area contributed by atoms with Gasteiger partial charge in [0.25, 0.3) is 0 Å². The van der Waals surface area contributed by atoms with E-state index >= 15 is 0 Å². The van der Waals surface area contributed by atoms with Crippen LogP contribution in [0.3, 0.4) is 0 Å². The Balaban J connectivity index is 0. The van der Waals surface area contributed by atoms with Crippen LogP contribution in [-0.4, -0.2) is 64.5 Å². The SMILES string of the molecule is NCC(=O)O.OCC(CO)(CO)CO. The maximum Gasteiger partial charge on any atom is 0.317 e. The van der Waals surface area contributed by atoms with Crippen molar-refractivity contribution >= 4 is 5.97 Å². The zero-order valence-electron chi connectivity index (χ0n) is 7.76. The van der Waals surface area contributed by atoms with Gasteiger partial charge in [-0.2, -0.15) is 0 Å². The van der Waals surface area contributed by atoms with Gasteiger partial charge in [0.2, 0.25) is 0 Å². The molecule has 0 aromatic rings. The molecule has 0 bridgehead atoms. The number of aliphatic carboxylic acids is 1. The fourth-order valence-corrected chi connectivity index (χ4v) is 0.300. The van der Waals surface area contributed by atoms with Crippen LogP contribution in [0.25, 0.3) is 0 Å². The molecule has 7 N–H and O–H groups in total. The van der Waals surface area contributed by atoms with E-state index in [1.165, 1.54) is 0 Å². The van der Waals surface area contributed by atoms with Gasteiger partial charge in [-0.25, -0.2) is 0 Å². The van der Waals surface area contributed by atoms with E-state index in [1.54, 1.807) is 0 Å². The van der Waals surface area contributed by atoms with E-state index < -0.39 is 37.8 Å². The van der Waals surface area contributed by atoms with Crippen LogP contribution in [-0.2, 0) is 4.79 Å². The molecule has 86 valence electrons. The third-order valence-electron chi connectivity index (χ3n) is 1.52. The zero-order chi connectivity index (χ0) is 11.6. The van der Waals surface area contributed by atoms with Crippen molar-refractivity contribution in [1.29, 1.82) is 0 Å². The lowest BCUT2D eigenvalue weighted by atomic mass is 9.93. The molecule has 0 aromatic carbocycles. The summed E-state index contributed by atoms with van der Waals surface area (Å²) in [6.45, 7) is -1.90. The number of carbonyl (C=O) groups is 1. The topological polar surface area (TPSA) is 144 Å². The third-order valence-corrected chi connectivity index (χ3v) is 1.52. The van der Waals surface area contributed by atoms with Crippen molar-refractivity contribution in [3.8, 4) is 0 Å². The summed E-state index contributed by atoms with van der Waals surface area (Å²) in [7, 11) is 0. The van der Waals surface area contributed by atoms with Crippen LogP contribution >= 0.6 is 0 Å². The Labute approximate surface area is 81.4 Å². The van der Waals surface area contributed by atoms with Crippen molar-refractivity contribution in [3.05, 3.63) is 0 Å². The minimum atomic E-state index is -1.11. The summed E-state index contributed by atoms with van der Waals surface area (Å²) in [5.74, 6) is -0.968. The molecule has 14 heavy (non-hydrogen) atoms. The number of hydrogen-bond acceptors (Lipinski definition) is 6. The zero-order valence-corrected chi connectivity index (χ0v) is 7.76. The molecule has 7 nitrogen and oxygen atoms in total. The van der Waals surface area contributed by atoms with Crippen LogP contribution in [0.1, 0.15) is 0 Å². The number of carboxylic acid groups (broad SMARTS) is 1. The minimum Gasteiger partial charge on any atom is -0.480 e. The maximum atomic E-state index is 9.24. The normalized spacial score (nSPS) is 10.4. The van der Waals surface area contributed by atoms with Crippen LogP contribution in [0.5, 0.6) is 0 Å². The molecular weight excluding hydrogens is 194 g/mol. The molecule has 0 spiro atoms. The highest BCUT2D eigenvalue weighted by atomic mass is 16.4. The molecule has 0 fully saturated rings. The average Bonchev–Trinajstić information content (AvgIpc) is 2.23. The quantitative estimate of drug-likeness (QED) is 0.284. The lowest BCUT2D eigenvalue weighted by Gasteiger charge is -2.23. The van der Waals surface area contributed by atoms with E-state index in [1.807, 2.05) is 0 Å². The molecule has 0 saturated heterocycles. The molecule has 0 heterocycles. The summed E-state index contributed by atoms with van der Waals surface area (Å²) in [4.78, 5) is 9.24. The fourth-order valence-electron chi connectivity index (χ4n) is 0.300. The first-order valence-corrected chi connectivity index (χ1v) is 3.87. The highest BCUT2D eigenvalue weighted by molar-refractivity contribution is 5.68. The Morgan fingerprint density at radius 3 is 1.21 bits per heavy atom. The molecule has 0 aromatic heterocycles. The van der Waals surface area contributed by atoms with Crippen molar-refractivity contribution in [2.45, 2.75) is 0 Å². The molecule has 0 aliphatic rings. The fraction of sp³-hybridized carbons (Fsp3) is 0.857. The van der Waals surface area contributed by atoms with Crippen LogP contribution in [0.4, 0.5) is 0 Å². The van der Waals surface area contributed by atoms with E-state index in [9.17, 15) is 4.79 Å². The summed E-state index contributed by atoms with van der Waals surface area (Å²) in [5.41, 5.74) is 3.46. The van der Waals surface area contributed by atoms with Gasteiger partial charge in [0.05, 0.1) is 38.4 Å². The predicted octanol–water partition coefficient (Wildman–Crippen LogP) is -3.03. The molecule has 0 aliphatic heterocycles. The Bertz CT molecular complexity index is 130. The van der Waals surface area contributed by atoms with Crippen molar-refractivity contribution in [3.63, 3.8) is 0 Å². The first-order valence-electron chi connectivity index (χ1n) is 3.87. The first kappa shape index (κ1) is 15.7. The van der Waals surface area contributed by atoms with Gasteiger partial charge in [0.15, 0.2) is 0 Å². The lowest BCUT2D eigenvalue weighted by molar-refractivity contribution is -0.135. The number of carboxylic acids is 1.